The number of aliphatic hydroxyl groups is 1. The van der Waals surface area contributed by atoms with E-state index in [1.54, 1.807) is 11.1 Å². The van der Waals surface area contributed by atoms with Gasteiger partial charge in [0.05, 0.1) is 0 Å². The monoisotopic (exact) mass is 314 g/mol. The van der Waals surface area contributed by atoms with Crippen LogP contribution in [0.5, 0.6) is 0 Å². The summed E-state index contributed by atoms with van der Waals surface area (Å²) >= 11 is 0. The highest BCUT2D eigenvalue weighted by molar-refractivity contribution is 5.93. The normalized spacial score (nSPS) is 39.7. The van der Waals surface area contributed by atoms with E-state index in [4.69, 9.17) is 0 Å². The minimum absolute atomic E-state index is 0.343. The molecule has 4 rings (SSSR count). The Morgan fingerprint density at radius 2 is 2.00 bits per heavy atom. The highest BCUT2D eigenvalue weighted by atomic mass is 16.2. The lowest BCUT2D eigenvalue weighted by Crippen LogP contribution is -2.32. The van der Waals surface area contributed by atoms with Gasteiger partial charge >= 0.3 is 0 Å². The van der Waals surface area contributed by atoms with Crippen molar-refractivity contribution >= 4 is 5.78 Å². The van der Waals surface area contributed by atoms with Gasteiger partial charge in [-0.15, -0.1) is 0 Å². The lowest BCUT2D eigenvalue weighted by Gasteiger charge is -2.43. The first kappa shape index (κ1) is 15.6. The minimum Gasteiger partial charge on any atom is -0.396 e. The summed E-state index contributed by atoms with van der Waals surface area (Å²) in [5, 5.41) is 9.21. The first-order chi connectivity index (χ1) is 11.2. The van der Waals surface area contributed by atoms with Gasteiger partial charge in [0.2, 0.25) is 0 Å². The molecule has 126 valence electrons. The van der Waals surface area contributed by atoms with Crippen molar-refractivity contribution in [3.63, 3.8) is 0 Å². The number of ketones is 1. The number of fused-ring (bicyclic) bond motifs is 4. The standard InChI is InChI=1S/C21H30O2/c1-13-11-21-18(16(13)3-2-10-22)8-9-19-17-7-5-15(23)12-14(17)4-6-20(19)21/h12-13,16,18,20-22H,2-11H2,1H3/t13?,16-,18+,20+,21+/m0/s1. The van der Waals surface area contributed by atoms with Gasteiger partial charge in [0, 0.05) is 13.0 Å². The van der Waals surface area contributed by atoms with Crippen molar-refractivity contribution in [3.05, 3.63) is 22.8 Å². The van der Waals surface area contributed by atoms with Crippen LogP contribution < -0.4 is 0 Å². The van der Waals surface area contributed by atoms with E-state index >= 15 is 0 Å². The SMILES string of the molecule is CC1C[C@@H]2[C@H](CCC3=C4CCC(=O)C=C4CC[C@H]32)[C@H]1CCCO. The molecule has 1 N–H and O–H groups in total. The van der Waals surface area contributed by atoms with Gasteiger partial charge in [0.25, 0.3) is 0 Å². The van der Waals surface area contributed by atoms with Crippen molar-refractivity contribution in [2.75, 3.05) is 6.61 Å². The first-order valence-electron chi connectivity index (χ1n) is 9.75. The smallest absolute Gasteiger partial charge is 0.156 e. The van der Waals surface area contributed by atoms with E-state index in [0.29, 0.717) is 12.4 Å². The number of carbonyl (C=O) groups is 1. The van der Waals surface area contributed by atoms with Crippen LogP contribution in [0, 0.1) is 29.6 Å². The highest BCUT2D eigenvalue weighted by Crippen LogP contribution is 2.58. The number of carbonyl (C=O) groups excluding carboxylic acids is 1. The largest absolute Gasteiger partial charge is 0.396 e. The quantitative estimate of drug-likeness (QED) is 0.836. The lowest BCUT2D eigenvalue weighted by atomic mass is 9.62. The summed E-state index contributed by atoms with van der Waals surface area (Å²) in [6.45, 7) is 2.79. The van der Waals surface area contributed by atoms with Gasteiger partial charge < -0.3 is 5.11 Å². The third-order valence-corrected chi connectivity index (χ3v) is 7.34. The van der Waals surface area contributed by atoms with Crippen molar-refractivity contribution in [2.24, 2.45) is 29.6 Å². The maximum Gasteiger partial charge on any atom is 0.156 e. The molecule has 0 amide bonds. The Bertz CT molecular complexity index is 556. The molecule has 2 fully saturated rings. The minimum atomic E-state index is 0.343. The van der Waals surface area contributed by atoms with Crippen LogP contribution in [0.3, 0.4) is 0 Å². The van der Waals surface area contributed by atoms with Crippen molar-refractivity contribution in [1.82, 2.24) is 0 Å². The predicted molar refractivity (Wildman–Crippen MR) is 91.9 cm³/mol. The number of hydrogen-bond acceptors (Lipinski definition) is 2. The summed E-state index contributed by atoms with van der Waals surface area (Å²) < 4.78 is 0. The molecule has 0 aromatic rings. The van der Waals surface area contributed by atoms with Gasteiger partial charge in [-0.1, -0.05) is 12.5 Å². The Morgan fingerprint density at radius 3 is 2.83 bits per heavy atom. The van der Waals surface area contributed by atoms with Gasteiger partial charge in [0.1, 0.15) is 0 Å². The molecule has 2 nitrogen and oxygen atoms in total. The fourth-order valence-corrected chi connectivity index (χ4v) is 6.43. The van der Waals surface area contributed by atoms with Gasteiger partial charge in [-0.25, -0.2) is 0 Å². The van der Waals surface area contributed by atoms with Gasteiger partial charge in [-0.05, 0) is 98.2 Å². The second kappa shape index (κ2) is 6.20. The number of allylic oxidation sites excluding steroid dienone is 4. The molecule has 4 aliphatic carbocycles. The number of hydrogen-bond donors (Lipinski definition) is 1. The molecule has 1 unspecified atom stereocenters. The molecule has 2 saturated carbocycles. The predicted octanol–water partition coefficient (Wildman–Crippen LogP) is 4.44. The number of rotatable bonds is 3. The average molecular weight is 314 g/mol. The van der Waals surface area contributed by atoms with Crippen LogP contribution in [0.25, 0.3) is 0 Å². The molecular weight excluding hydrogens is 284 g/mol. The zero-order valence-corrected chi connectivity index (χ0v) is 14.4. The zero-order valence-electron chi connectivity index (χ0n) is 14.4. The van der Waals surface area contributed by atoms with E-state index in [9.17, 15) is 9.90 Å². The number of aliphatic hydroxyl groups excluding tert-OH is 1. The average Bonchev–Trinajstić information content (AvgIpc) is 2.87. The molecule has 0 aliphatic heterocycles. The van der Waals surface area contributed by atoms with Crippen LogP contribution in [-0.2, 0) is 4.79 Å². The fourth-order valence-electron chi connectivity index (χ4n) is 6.43. The molecule has 4 aliphatic rings. The highest BCUT2D eigenvalue weighted by Gasteiger charge is 2.48. The van der Waals surface area contributed by atoms with E-state index in [2.05, 4.69) is 6.92 Å². The first-order valence-corrected chi connectivity index (χ1v) is 9.75. The van der Waals surface area contributed by atoms with Crippen LogP contribution in [0.4, 0.5) is 0 Å². The Balaban J connectivity index is 1.59. The maximum absolute atomic E-state index is 11.7. The summed E-state index contributed by atoms with van der Waals surface area (Å²) in [5.41, 5.74) is 4.71. The molecule has 0 bridgehead atoms. The van der Waals surface area contributed by atoms with Gasteiger partial charge in [0.15, 0.2) is 5.78 Å². The van der Waals surface area contributed by atoms with Crippen molar-refractivity contribution < 1.29 is 9.90 Å². The maximum atomic E-state index is 11.7. The summed E-state index contributed by atoms with van der Waals surface area (Å²) in [6.07, 6.45) is 12.3. The van der Waals surface area contributed by atoms with Crippen LogP contribution in [0.15, 0.2) is 22.8 Å². The molecule has 2 heteroatoms. The third-order valence-electron chi connectivity index (χ3n) is 7.34. The molecular formula is C21H30O2. The molecule has 0 radical (unpaired) electrons. The van der Waals surface area contributed by atoms with E-state index in [0.717, 1.165) is 55.3 Å². The second-order valence-electron chi connectivity index (χ2n) is 8.39. The topological polar surface area (TPSA) is 37.3 Å². The summed E-state index contributed by atoms with van der Waals surface area (Å²) in [5.74, 6) is 4.57. The molecule has 0 aromatic carbocycles. The molecule has 0 saturated heterocycles. The Kier molecular flexibility index (Phi) is 4.21. The Labute approximate surface area is 140 Å². The van der Waals surface area contributed by atoms with Gasteiger partial charge in [-0.3, -0.25) is 4.79 Å². The van der Waals surface area contributed by atoms with E-state index in [1.807, 2.05) is 6.08 Å². The summed E-state index contributed by atoms with van der Waals surface area (Å²) in [7, 11) is 0. The van der Waals surface area contributed by atoms with E-state index < -0.39 is 0 Å². The van der Waals surface area contributed by atoms with Crippen LogP contribution >= 0.6 is 0 Å². The Hall–Kier alpha value is -0.890. The fraction of sp³-hybridized carbons (Fsp3) is 0.762. The van der Waals surface area contributed by atoms with Crippen molar-refractivity contribution in [2.45, 2.75) is 64.7 Å². The summed E-state index contributed by atoms with van der Waals surface area (Å²) in [6, 6.07) is 0. The zero-order chi connectivity index (χ0) is 16.0. The molecule has 0 spiro atoms. The van der Waals surface area contributed by atoms with Crippen LogP contribution in [0.2, 0.25) is 0 Å². The molecule has 0 heterocycles. The van der Waals surface area contributed by atoms with Gasteiger partial charge in [-0.2, -0.15) is 0 Å². The van der Waals surface area contributed by atoms with Crippen LogP contribution in [-0.4, -0.2) is 17.5 Å². The van der Waals surface area contributed by atoms with Crippen molar-refractivity contribution in [1.29, 1.82) is 0 Å². The molecule has 5 atom stereocenters. The van der Waals surface area contributed by atoms with Crippen LogP contribution in [0.1, 0.15) is 64.7 Å². The molecule has 23 heavy (non-hydrogen) atoms. The lowest BCUT2D eigenvalue weighted by molar-refractivity contribution is -0.114. The van der Waals surface area contributed by atoms with E-state index in [1.165, 1.54) is 37.7 Å². The Morgan fingerprint density at radius 1 is 1.13 bits per heavy atom. The second-order valence-corrected chi connectivity index (χ2v) is 8.39. The van der Waals surface area contributed by atoms with Crippen molar-refractivity contribution in [3.8, 4) is 0 Å². The third kappa shape index (κ3) is 2.63. The van der Waals surface area contributed by atoms with E-state index in [-0.39, 0.29) is 0 Å². The summed E-state index contributed by atoms with van der Waals surface area (Å²) in [4.78, 5) is 11.7. The molecule has 0 aromatic heterocycles.